The van der Waals surface area contributed by atoms with E-state index in [1.54, 1.807) is 31.0 Å². The van der Waals surface area contributed by atoms with Gasteiger partial charge in [-0.25, -0.2) is 9.97 Å². The van der Waals surface area contributed by atoms with Gasteiger partial charge in [0, 0.05) is 84.9 Å². The van der Waals surface area contributed by atoms with Crippen LogP contribution in [0.3, 0.4) is 0 Å². The highest BCUT2D eigenvalue weighted by Gasteiger charge is 2.11. The number of benzene rings is 2. The van der Waals surface area contributed by atoms with Crippen molar-refractivity contribution < 1.29 is 0 Å². The van der Waals surface area contributed by atoms with Crippen LogP contribution in [0.15, 0.2) is 85.8 Å². The Kier molecular flexibility index (Phi) is 5.03. The summed E-state index contributed by atoms with van der Waals surface area (Å²) in [6.07, 6.45) is 12.6. The lowest BCUT2D eigenvalue weighted by molar-refractivity contribution is 0.969. The van der Waals surface area contributed by atoms with Gasteiger partial charge in [-0.15, -0.1) is 0 Å². The van der Waals surface area contributed by atoms with Gasteiger partial charge in [0.1, 0.15) is 0 Å². The minimum Gasteiger partial charge on any atom is -0.381 e. The lowest BCUT2D eigenvalue weighted by atomic mass is 10.0. The summed E-state index contributed by atoms with van der Waals surface area (Å²) in [6.45, 7) is 0.596. The van der Waals surface area contributed by atoms with Gasteiger partial charge in [-0.1, -0.05) is 12.1 Å². The van der Waals surface area contributed by atoms with Crippen molar-refractivity contribution in [1.29, 1.82) is 0 Å². The molecule has 0 aliphatic carbocycles. The molecule has 6 aromatic rings. The van der Waals surface area contributed by atoms with Crippen LogP contribution in [-0.4, -0.2) is 29.5 Å². The number of aryl methyl sites for hydroxylation is 1. The summed E-state index contributed by atoms with van der Waals surface area (Å²) < 4.78 is 2.13. The Morgan fingerprint density at radius 1 is 0.829 bits per heavy atom. The van der Waals surface area contributed by atoms with Gasteiger partial charge in [0.25, 0.3) is 0 Å². The second-order valence-electron chi connectivity index (χ2n) is 8.41. The summed E-state index contributed by atoms with van der Waals surface area (Å²) >= 11 is 0. The maximum Gasteiger partial charge on any atom is 0.219 e. The molecule has 3 N–H and O–H groups in total. The molecule has 0 radical (unpaired) electrons. The Bertz CT molecular complexity index is 1670. The van der Waals surface area contributed by atoms with Crippen molar-refractivity contribution >= 4 is 33.6 Å². The third-order valence-electron chi connectivity index (χ3n) is 6.07. The number of nitrogen functional groups attached to an aromatic ring is 1. The van der Waals surface area contributed by atoms with Crippen LogP contribution in [-0.2, 0) is 13.6 Å². The second kappa shape index (κ2) is 8.49. The molecule has 0 saturated heterocycles. The maximum atomic E-state index is 5.61. The molecular weight excluding hydrogens is 436 g/mol. The Labute approximate surface area is 201 Å². The minimum absolute atomic E-state index is 0.251. The van der Waals surface area contributed by atoms with Crippen molar-refractivity contribution in [2.24, 2.45) is 7.05 Å². The van der Waals surface area contributed by atoms with Crippen LogP contribution in [0.2, 0.25) is 0 Å². The highest BCUT2D eigenvalue weighted by Crippen LogP contribution is 2.32. The van der Waals surface area contributed by atoms with Crippen LogP contribution in [0.25, 0.3) is 44.2 Å². The van der Waals surface area contributed by atoms with E-state index in [9.17, 15) is 0 Å². The summed E-state index contributed by atoms with van der Waals surface area (Å²) in [4.78, 5) is 21.7. The summed E-state index contributed by atoms with van der Waals surface area (Å²) in [5, 5.41) is 4.74. The first-order valence-corrected chi connectivity index (χ1v) is 11.2. The molecule has 35 heavy (non-hydrogen) atoms. The molecule has 0 saturated carbocycles. The molecule has 0 fully saturated rings. The van der Waals surface area contributed by atoms with Crippen LogP contribution >= 0.6 is 0 Å². The molecule has 4 aromatic heterocycles. The van der Waals surface area contributed by atoms with E-state index >= 15 is 0 Å². The molecule has 0 bridgehead atoms. The quantitative estimate of drug-likeness (QED) is 0.381. The minimum atomic E-state index is 0.251. The fraction of sp³-hybridized carbons (Fsp3) is 0.0741. The first kappa shape index (κ1) is 20.7. The number of nitrogens with zero attached hydrogens (tertiary/aromatic N) is 6. The third-order valence-corrected chi connectivity index (χ3v) is 6.07. The molecule has 8 heteroatoms. The van der Waals surface area contributed by atoms with Crippen molar-refractivity contribution in [2.45, 2.75) is 6.54 Å². The summed E-state index contributed by atoms with van der Waals surface area (Å²) in [5.41, 5.74) is 14.4. The standard InChI is InChI=1S/C27H22N8/c1-35-7-4-18-2-3-19(9-25(18)35)23-10-22(11-24-26(23)31-6-5-30-24)32-13-17-8-20(14-29-12-17)21-15-33-27(28)34-16-21/h2-12,14-16,32H,13H2,1H3,(H2,28,33,34). The number of nitrogens with one attached hydrogen (secondary N) is 1. The van der Waals surface area contributed by atoms with Crippen molar-refractivity contribution in [1.82, 2.24) is 29.5 Å². The fourth-order valence-corrected chi connectivity index (χ4v) is 4.26. The van der Waals surface area contributed by atoms with E-state index in [1.165, 1.54) is 10.9 Å². The monoisotopic (exact) mass is 458 g/mol. The highest BCUT2D eigenvalue weighted by molar-refractivity contribution is 5.97. The van der Waals surface area contributed by atoms with Gasteiger partial charge in [0.05, 0.1) is 11.0 Å². The number of rotatable bonds is 5. The number of pyridine rings is 1. The van der Waals surface area contributed by atoms with Gasteiger partial charge < -0.3 is 15.6 Å². The van der Waals surface area contributed by atoms with E-state index in [0.717, 1.165) is 44.5 Å². The molecule has 0 aliphatic rings. The second-order valence-corrected chi connectivity index (χ2v) is 8.41. The van der Waals surface area contributed by atoms with Gasteiger partial charge in [-0.3, -0.25) is 15.0 Å². The van der Waals surface area contributed by atoms with Crippen LogP contribution in [0.4, 0.5) is 11.6 Å². The SMILES string of the molecule is Cn1ccc2ccc(-c3cc(NCc4cncc(-c5cnc(N)nc5)c4)cc4nccnc34)cc21. The first-order chi connectivity index (χ1) is 17.1. The van der Waals surface area contributed by atoms with E-state index in [1.807, 2.05) is 12.3 Å². The van der Waals surface area contributed by atoms with Crippen LogP contribution in [0, 0.1) is 0 Å². The van der Waals surface area contributed by atoms with E-state index < -0.39 is 0 Å². The van der Waals surface area contributed by atoms with Gasteiger partial charge in [-0.2, -0.15) is 0 Å². The molecule has 0 amide bonds. The van der Waals surface area contributed by atoms with E-state index in [4.69, 9.17) is 5.73 Å². The number of hydrogen-bond donors (Lipinski definition) is 2. The van der Waals surface area contributed by atoms with Crippen molar-refractivity contribution in [3.05, 3.63) is 91.4 Å². The number of anilines is 2. The lowest BCUT2D eigenvalue weighted by Gasteiger charge is -2.12. The normalized spacial score (nSPS) is 11.2. The molecule has 0 aliphatic heterocycles. The fourth-order valence-electron chi connectivity index (χ4n) is 4.26. The van der Waals surface area contributed by atoms with E-state index in [2.05, 4.69) is 84.4 Å². The van der Waals surface area contributed by atoms with Crippen molar-refractivity contribution in [3.63, 3.8) is 0 Å². The Hall–Kier alpha value is -4.85. The summed E-state index contributed by atoms with van der Waals surface area (Å²) in [5.74, 6) is 0.251. The number of nitrogens with two attached hydrogens (primary N) is 1. The van der Waals surface area contributed by atoms with Crippen molar-refractivity contribution in [3.8, 4) is 22.3 Å². The van der Waals surface area contributed by atoms with Gasteiger partial charge in [-0.05, 0) is 46.8 Å². The zero-order chi connectivity index (χ0) is 23.8. The zero-order valence-corrected chi connectivity index (χ0v) is 19.1. The van der Waals surface area contributed by atoms with Crippen LogP contribution in [0.5, 0.6) is 0 Å². The number of hydrogen-bond acceptors (Lipinski definition) is 7. The maximum absolute atomic E-state index is 5.61. The smallest absolute Gasteiger partial charge is 0.219 e. The summed E-state index contributed by atoms with van der Waals surface area (Å²) in [6, 6.07) is 14.8. The largest absolute Gasteiger partial charge is 0.381 e. The number of fused-ring (bicyclic) bond motifs is 2. The highest BCUT2D eigenvalue weighted by atomic mass is 15.0. The van der Waals surface area contributed by atoms with E-state index in [-0.39, 0.29) is 5.95 Å². The molecule has 170 valence electrons. The first-order valence-electron chi connectivity index (χ1n) is 11.2. The van der Waals surface area contributed by atoms with Gasteiger partial charge in [0.15, 0.2) is 0 Å². The molecule has 8 nitrogen and oxygen atoms in total. The average molecular weight is 459 g/mol. The predicted octanol–water partition coefficient (Wildman–Crippen LogP) is 4.83. The molecule has 0 unspecified atom stereocenters. The molecule has 2 aromatic carbocycles. The molecule has 6 rings (SSSR count). The topological polar surface area (TPSA) is 107 Å². The molecule has 0 atom stereocenters. The Balaban J connectivity index is 1.34. The number of aromatic nitrogens is 6. The van der Waals surface area contributed by atoms with Crippen LogP contribution in [0.1, 0.15) is 5.56 Å². The van der Waals surface area contributed by atoms with Gasteiger partial charge in [0.2, 0.25) is 5.95 Å². The summed E-state index contributed by atoms with van der Waals surface area (Å²) in [7, 11) is 2.06. The predicted molar refractivity (Wildman–Crippen MR) is 138 cm³/mol. The Morgan fingerprint density at radius 3 is 2.57 bits per heavy atom. The van der Waals surface area contributed by atoms with Crippen LogP contribution < -0.4 is 11.1 Å². The van der Waals surface area contributed by atoms with Gasteiger partial charge >= 0.3 is 0 Å². The average Bonchev–Trinajstić information content (AvgIpc) is 3.27. The van der Waals surface area contributed by atoms with Crippen molar-refractivity contribution in [2.75, 3.05) is 11.1 Å². The molecule has 4 heterocycles. The van der Waals surface area contributed by atoms with E-state index in [0.29, 0.717) is 6.54 Å². The molecular formula is C27H22N8. The third kappa shape index (κ3) is 4.02. The Morgan fingerprint density at radius 2 is 1.69 bits per heavy atom. The lowest BCUT2D eigenvalue weighted by Crippen LogP contribution is -2.01. The zero-order valence-electron chi connectivity index (χ0n) is 19.1. The molecule has 0 spiro atoms.